The minimum absolute atomic E-state index is 0.0571. The molecule has 2 aromatic heterocycles. The molecule has 0 amide bonds. The molecular formula is C23H23NO6. The molecule has 0 aliphatic carbocycles. The van der Waals surface area contributed by atoms with E-state index >= 15 is 0 Å². The summed E-state index contributed by atoms with van der Waals surface area (Å²) in [6.45, 7) is 2.80. The van der Waals surface area contributed by atoms with E-state index in [4.69, 9.17) is 18.3 Å². The van der Waals surface area contributed by atoms with Gasteiger partial charge in [-0.2, -0.15) is 0 Å². The van der Waals surface area contributed by atoms with Crippen LogP contribution in [0.5, 0.6) is 0 Å². The molecule has 4 rings (SSSR count). The van der Waals surface area contributed by atoms with Gasteiger partial charge >= 0.3 is 11.9 Å². The van der Waals surface area contributed by atoms with Crippen molar-refractivity contribution in [3.05, 3.63) is 84.2 Å². The second-order valence-corrected chi connectivity index (χ2v) is 7.42. The maximum absolute atomic E-state index is 12.2. The van der Waals surface area contributed by atoms with Crippen molar-refractivity contribution in [3.8, 4) is 0 Å². The zero-order valence-electron chi connectivity index (χ0n) is 16.4. The van der Waals surface area contributed by atoms with Crippen LogP contribution in [0.25, 0.3) is 0 Å². The summed E-state index contributed by atoms with van der Waals surface area (Å²) in [6, 6.07) is 13.3. The predicted octanol–water partition coefficient (Wildman–Crippen LogP) is 3.63. The quantitative estimate of drug-likeness (QED) is 0.525. The van der Waals surface area contributed by atoms with E-state index in [9.17, 15) is 9.59 Å². The number of hydrogen-bond acceptors (Lipinski definition) is 7. The largest absolute Gasteiger partial charge is 0.472 e. The molecule has 0 N–H and O–H groups in total. The average molecular weight is 409 g/mol. The van der Waals surface area contributed by atoms with Gasteiger partial charge in [-0.25, -0.2) is 9.59 Å². The highest BCUT2D eigenvalue weighted by molar-refractivity contribution is 5.89. The van der Waals surface area contributed by atoms with Crippen LogP contribution < -0.4 is 0 Å². The Morgan fingerprint density at radius 1 is 0.833 bits per heavy atom. The van der Waals surface area contributed by atoms with E-state index in [0.29, 0.717) is 11.1 Å². The first-order valence-electron chi connectivity index (χ1n) is 9.84. The van der Waals surface area contributed by atoms with Crippen molar-refractivity contribution in [3.63, 3.8) is 0 Å². The number of hydrogen-bond donors (Lipinski definition) is 0. The number of likely N-dealkylation sites (tertiary alicyclic amines) is 1. The van der Waals surface area contributed by atoms with E-state index in [1.165, 1.54) is 30.6 Å². The number of rotatable bonds is 8. The first kappa shape index (κ1) is 20.0. The number of carbonyl (C=O) groups is 2. The summed E-state index contributed by atoms with van der Waals surface area (Å²) in [7, 11) is 0. The minimum atomic E-state index is -0.417. The third-order valence-electron chi connectivity index (χ3n) is 5.27. The standard InChI is InChI=1S/C23H23NO6/c25-22(18-6-8-27-13-18)29-15-20-11-24(10-17-4-2-1-3-5-17)12-21(20)16-30-23(26)19-7-9-28-14-19/h1-9,13-14,20-21H,10-12,15-16H2/t20-,21+. The lowest BCUT2D eigenvalue weighted by atomic mass is 9.98. The van der Waals surface area contributed by atoms with Crippen LogP contribution in [-0.4, -0.2) is 43.1 Å². The molecule has 0 unspecified atom stereocenters. The van der Waals surface area contributed by atoms with Gasteiger partial charge in [-0.15, -0.1) is 0 Å². The summed E-state index contributed by atoms with van der Waals surface area (Å²) in [5.74, 6) is -0.720. The summed E-state index contributed by atoms with van der Waals surface area (Å²) >= 11 is 0. The Morgan fingerprint density at radius 3 is 1.83 bits per heavy atom. The van der Waals surface area contributed by atoms with Crippen molar-refractivity contribution in [2.24, 2.45) is 11.8 Å². The molecular weight excluding hydrogens is 386 g/mol. The van der Waals surface area contributed by atoms with Gasteiger partial charge in [0, 0.05) is 31.5 Å². The normalized spacial score (nSPS) is 18.9. The number of ether oxygens (including phenoxy) is 2. The molecule has 30 heavy (non-hydrogen) atoms. The van der Waals surface area contributed by atoms with E-state index in [1.54, 1.807) is 12.1 Å². The van der Waals surface area contributed by atoms with Crippen molar-refractivity contribution in [2.75, 3.05) is 26.3 Å². The second-order valence-electron chi connectivity index (χ2n) is 7.42. The number of benzene rings is 1. The topological polar surface area (TPSA) is 82.1 Å². The van der Waals surface area contributed by atoms with Crippen LogP contribution in [-0.2, 0) is 16.0 Å². The van der Waals surface area contributed by atoms with Crippen LogP contribution in [0.4, 0.5) is 0 Å². The molecule has 1 fully saturated rings. The molecule has 1 aliphatic rings. The molecule has 3 heterocycles. The van der Waals surface area contributed by atoms with Gasteiger partial charge in [-0.05, 0) is 17.7 Å². The third-order valence-corrected chi connectivity index (χ3v) is 5.27. The summed E-state index contributed by atoms with van der Waals surface area (Å²) in [5, 5.41) is 0. The van der Waals surface area contributed by atoms with Crippen LogP contribution in [0, 0.1) is 11.8 Å². The van der Waals surface area contributed by atoms with Gasteiger partial charge < -0.3 is 18.3 Å². The summed E-state index contributed by atoms with van der Waals surface area (Å²) in [5.41, 5.74) is 1.98. The number of carbonyl (C=O) groups excluding carboxylic acids is 2. The number of nitrogens with zero attached hydrogens (tertiary/aromatic N) is 1. The lowest BCUT2D eigenvalue weighted by Gasteiger charge is -2.18. The molecule has 0 saturated carbocycles. The molecule has 1 aliphatic heterocycles. The Hall–Kier alpha value is -3.32. The summed E-state index contributed by atoms with van der Waals surface area (Å²) in [4.78, 5) is 26.6. The van der Waals surface area contributed by atoms with Crippen LogP contribution in [0.15, 0.2) is 76.4 Å². The van der Waals surface area contributed by atoms with Gasteiger partial charge in [0.15, 0.2) is 0 Å². The van der Waals surface area contributed by atoms with Gasteiger partial charge in [0.05, 0.1) is 36.9 Å². The Labute approximate surface area is 174 Å². The molecule has 2 atom stereocenters. The summed E-state index contributed by atoms with van der Waals surface area (Å²) < 4.78 is 20.9. The molecule has 0 bridgehead atoms. The predicted molar refractivity (Wildman–Crippen MR) is 107 cm³/mol. The van der Waals surface area contributed by atoms with E-state index in [-0.39, 0.29) is 25.0 Å². The van der Waals surface area contributed by atoms with E-state index in [2.05, 4.69) is 17.0 Å². The Bertz CT molecular complexity index is 877. The average Bonchev–Trinajstić information content (AvgIpc) is 3.53. The molecule has 0 radical (unpaired) electrons. The van der Waals surface area contributed by atoms with Crippen molar-refractivity contribution >= 4 is 11.9 Å². The zero-order valence-corrected chi connectivity index (χ0v) is 16.4. The van der Waals surface area contributed by atoms with Gasteiger partial charge in [0.25, 0.3) is 0 Å². The first-order chi connectivity index (χ1) is 14.7. The highest BCUT2D eigenvalue weighted by Crippen LogP contribution is 2.26. The van der Waals surface area contributed by atoms with Crippen LogP contribution in [0.3, 0.4) is 0 Å². The molecule has 7 heteroatoms. The minimum Gasteiger partial charge on any atom is -0.472 e. The first-order valence-corrected chi connectivity index (χ1v) is 9.84. The van der Waals surface area contributed by atoms with Gasteiger partial charge in [0.2, 0.25) is 0 Å². The van der Waals surface area contributed by atoms with Crippen LogP contribution in [0.2, 0.25) is 0 Å². The zero-order chi connectivity index (χ0) is 20.8. The molecule has 7 nitrogen and oxygen atoms in total. The van der Waals surface area contributed by atoms with Crippen molar-refractivity contribution < 1.29 is 27.9 Å². The van der Waals surface area contributed by atoms with Gasteiger partial charge in [0.1, 0.15) is 12.5 Å². The Balaban J connectivity index is 1.37. The summed E-state index contributed by atoms with van der Waals surface area (Å²) in [6.07, 6.45) is 5.60. The lowest BCUT2D eigenvalue weighted by molar-refractivity contribution is 0.0290. The monoisotopic (exact) mass is 409 g/mol. The van der Waals surface area contributed by atoms with Crippen LogP contribution in [0.1, 0.15) is 26.3 Å². The highest BCUT2D eigenvalue weighted by Gasteiger charge is 2.35. The fourth-order valence-corrected chi connectivity index (χ4v) is 3.68. The maximum atomic E-state index is 12.2. The van der Waals surface area contributed by atoms with Gasteiger partial charge in [-0.1, -0.05) is 30.3 Å². The number of furan rings is 2. The van der Waals surface area contributed by atoms with Gasteiger partial charge in [-0.3, -0.25) is 4.90 Å². The highest BCUT2D eigenvalue weighted by atomic mass is 16.5. The molecule has 0 spiro atoms. The lowest BCUT2D eigenvalue weighted by Crippen LogP contribution is -2.25. The molecule has 156 valence electrons. The fourth-order valence-electron chi connectivity index (χ4n) is 3.68. The Kier molecular flexibility index (Phi) is 6.29. The van der Waals surface area contributed by atoms with E-state index in [0.717, 1.165) is 19.6 Å². The van der Waals surface area contributed by atoms with E-state index < -0.39 is 11.9 Å². The third kappa shape index (κ3) is 4.99. The number of esters is 2. The van der Waals surface area contributed by atoms with E-state index in [1.807, 2.05) is 18.2 Å². The SMILES string of the molecule is O=C(OC[C@@H]1CN(Cc2ccccc2)C[C@@H]1COC(=O)c1ccoc1)c1ccoc1. The molecule has 1 aromatic carbocycles. The molecule has 1 saturated heterocycles. The Morgan fingerprint density at radius 2 is 1.37 bits per heavy atom. The molecule has 3 aromatic rings. The van der Waals surface area contributed by atoms with Crippen molar-refractivity contribution in [1.29, 1.82) is 0 Å². The smallest absolute Gasteiger partial charge is 0.341 e. The van der Waals surface area contributed by atoms with Crippen LogP contribution >= 0.6 is 0 Å². The van der Waals surface area contributed by atoms with Crippen molar-refractivity contribution in [1.82, 2.24) is 4.90 Å². The second kappa shape index (κ2) is 9.45. The van der Waals surface area contributed by atoms with Crippen molar-refractivity contribution in [2.45, 2.75) is 6.54 Å². The fraction of sp³-hybridized carbons (Fsp3) is 0.304. The maximum Gasteiger partial charge on any atom is 0.341 e.